The molecule has 0 radical (unpaired) electrons. The molecule has 2 aromatic carbocycles. The Kier molecular flexibility index (Phi) is 5.17. The first kappa shape index (κ1) is 16.0. The van der Waals surface area contributed by atoms with E-state index >= 15 is 0 Å². The van der Waals surface area contributed by atoms with E-state index < -0.39 is 12.0 Å². The number of ether oxygens (including phenoxy) is 1. The van der Waals surface area contributed by atoms with Gasteiger partial charge in [-0.25, -0.2) is 4.79 Å². The quantitative estimate of drug-likeness (QED) is 0.673. The second-order valence-electron chi connectivity index (χ2n) is 4.81. The first-order chi connectivity index (χ1) is 10.5. The predicted octanol–water partition coefficient (Wildman–Crippen LogP) is 3.81. The summed E-state index contributed by atoms with van der Waals surface area (Å²) in [6.07, 6.45) is 0. The molecule has 0 aliphatic heterocycles. The largest absolute Gasteiger partial charge is 0.465 e. The van der Waals surface area contributed by atoms with Crippen molar-refractivity contribution in [2.24, 2.45) is 0 Å². The van der Waals surface area contributed by atoms with Crippen LogP contribution in [-0.4, -0.2) is 24.9 Å². The summed E-state index contributed by atoms with van der Waals surface area (Å²) in [6.45, 7) is 1.78. The maximum absolute atomic E-state index is 12.3. The van der Waals surface area contributed by atoms with Crippen LogP contribution in [0.15, 0.2) is 48.5 Å². The van der Waals surface area contributed by atoms with Crippen LogP contribution < -0.4 is 5.32 Å². The van der Waals surface area contributed by atoms with Crippen molar-refractivity contribution >= 4 is 29.0 Å². The van der Waals surface area contributed by atoms with Crippen LogP contribution in [-0.2, 0) is 4.74 Å². The van der Waals surface area contributed by atoms with Gasteiger partial charge in [0, 0.05) is 16.3 Å². The number of anilines is 1. The third-order valence-electron chi connectivity index (χ3n) is 3.21. The van der Waals surface area contributed by atoms with Crippen LogP contribution >= 0.6 is 11.6 Å². The molecule has 0 spiro atoms. The monoisotopic (exact) mass is 317 g/mol. The Morgan fingerprint density at radius 2 is 1.55 bits per heavy atom. The van der Waals surface area contributed by atoms with Crippen LogP contribution in [0, 0.1) is 0 Å². The summed E-state index contributed by atoms with van der Waals surface area (Å²) in [7, 11) is 1.33. The smallest absolute Gasteiger partial charge is 0.337 e. The molecule has 1 unspecified atom stereocenters. The maximum Gasteiger partial charge on any atom is 0.337 e. The zero-order chi connectivity index (χ0) is 16.1. The third-order valence-corrected chi connectivity index (χ3v) is 3.46. The molecule has 5 heteroatoms. The number of halogens is 1. The average molecular weight is 318 g/mol. The van der Waals surface area contributed by atoms with E-state index in [9.17, 15) is 9.59 Å². The molecule has 0 heterocycles. The van der Waals surface area contributed by atoms with Gasteiger partial charge < -0.3 is 10.1 Å². The summed E-state index contributed by atoms with van der Waals surface area (Å²) in [5.74, 6) is -0.425. The van der Waals surface area contributed by atoms with Crippen molar-refractivity contribution in [2.45, 2.75) is 13.0 Å². The lowest BCUT2D eigenvalue weighted by Crippen LogP contribution is -2.26. The molecule has 2 aromatic rings. The van der Waals surface area contributed by atoms with E-state index in [2.05, 4.69) is 10.1 Å². The molecule has 0 fully saturated rings. The van der Waals surface area contributed by atoms with E-state index in [1.807, 2.05) is 0 Å². The van der Waals surface area contributed by atoms with Crippen LogP contribution in [0.5, 0.6) is 0 Å². The Morgan fingerprint density at radius 1 is 1.00 bits per heavy atom. The van der Waals surface area contributed by atoms with Gasteiger partial charge in [0.25, 0.3) is 0 Å². The van der Waals surface area contributed by atoms with Gasteiger partial charge in [-0.1, -0.05) is 11.6 Å². The van der Waals surface area contributed by atoms with Crippen molar-refractivity contribution in [3.8, 4) is 0 Å². The lowest BCUT2D eigenvalue weighted by Gasteiger charge is -2.14. The summed E-state index contributed by atoms with van der Waals surface area (Å²) in [5.41, 5.74) is 1.81. The first-order valence-electron chi connectivity index (χ1n) is 6.76. The molecule has 4 nitrogen and oxygen atoms in total. The van der Waals surface area contributed by atoms with Crippen LogP contribution in [0.3, 0.4) is 0 Å². The van der Waals surface area contributed by atoms with Crippen molar-refractivity contribution in [1.29, 1.82) is 0 Å². The molecule has 0 aromatic heterocycles. The van der Waals surface area contributed by atoms with E-state index in [1.54, 1.807) is 55.5 Å². The number of nitrogens with one attached hydrogen (secondary N) is 1. The second-order valence-corrected chi connectivity index (χ2v) is 5.24. The van der Waals surface area contributed by atoms with Gasteiger partial charge in [0.2, 0.25) is 0 Å². The lowest BCUT2D eigenvalue weighted by molar-refractivity contribution is 0.0600. The fourth-order valence-corrected chi connectivity index (χ4v) is 2.13. The van der Waals surface area contributed by atoms with E-state index in [0.29, 0.717) is 16.1 Å². The summed E-state index contributed by atoms with van der Waals surface area (Å²) in [6, 6.07) is 13.1. The zero-order valence-electron chi connectivity index (χ0n) is 12.3. The van der Waals surface area contributed by atoms with Crippen molar-refractivity contribution in [2.75, 3.05) is 12.4 Å². The number of esters is 1. The van der Waals surface area contributed by atoms with E-state index in [1.165, 1.54) is 7.11 Å². The summed E-state index contributed by atoms with van der Waals surface area (Å²) >= 11 is 5.81. The van der Waals surface area contributed by atoms with Gasteiger partial charge >= 0.3 is 5.97 Å². The fourth-order valence-electron chi connectivity index (χ4n) is 2.00. The number of carbonyl (C=O) groups excluding carboxylic acids is 2. The topological polar surface area (TPSA) is 55.4 Å². The zero-order valence-corrected chi connectivity index (χ0v) is 13.1. The number of benzene rings is 2. The molecule has 0 saturated carbocycles. The molecule has 0 aliphatic carbocycles. The second kappa shape index (κ2) is 7.09. The molecule has 1 atom stereocenters. The standard InChI is InChI=1S/C17H16ClNO3/c1-11(16(20)12-3-7-14(18)8-4-12)19-15-9-5-13(6-10-15)17(21)22-2/h3-11,19H,1-2H3. The van der Waals surface area contributed by atoms with E-state index in [4.69, 9.17) is 11.6 Å². The molecule has 0 bridgehead atoms. The van der Waals surface area contributed by atoms with Crippen molar-refractivity contribution < 1.29 is 14.3 Å². The van der Waals surface area contributed by atoms with Crippen LogP contribution in [0.2, 0.25) is 5.02 Å². The number of carbonyl (C=O) groups is 2. The van der Waals surface area contributed by atoms with Crippen LogP contribution in [0.25, 0.3) is 0 Å². The summed E-state index contributed by atoms with van der Waals surface area (Å²) < 4.78 is 4.64. The third kappa shape index (κ3) is 3.86. The number of hydrogen-bond donors (Lipinski definition) is 1. The average Bonchev–Trinajstić information content (AvgIpc) is 2.54. The van der Waals surface area contributed by atoms with Gasteiger partial charge in [-0.05, 0) is 55.5 Å². The molecule has 22 heavy (non-hydrogen) atoms. The fraction of sp³-hybridized carbons (Fsp3) is 0.176. The van der Waals surface area contributed by atoms with Crippen molar-refractivity contribution in [3.63, 3.8) is 0 Å². The Hall–Kier alpha value is -2.33. The molecule has 0 aliphatic rings. The van der Waals surface area contributed by atoms with Crippen molar-refractivity contribution in [3.05, 3.63) is 64.7 Å². The van der Waals surface area contributed by atoms with Gasteiger partial charge in [0.15, 0.2) is 5.78 Å². The highest BCUT2D eigenvalue weighted by molar-refractivity contribution is 6.30. The van der Waals surface area contributed by atoms with Gasteiger partial charge in [0.05, 0.1) is 18.7 Å². The van der Waals surface area contributed by atoms with Gasteiger partial charge in [-0.3, -0.25) is 4.79 Å². The summed E-state index contributed by atoms with van der Waals surface area (Å²) in [4.78, 5) is 23.7. The Morgan fingerprint density at radius 3 is 2.09 bits per heavy atom. The van der Waals surface area contributed by atoms with E-state index in [-0.39, 0.29) is 5.78 Å². The molecular formula is C17H16ClNO3. The molecule has 114 valence electrons. The molecule has 1 N–H and O–H groups in total. The van der Waals surface area contributed by atoms with Gasteiger partial charge in [0.1, 0.15) is 0 Å². The number of methoxy groups -OCH3 is 1. The lowest BCUT2D eigenvalue weighted by atomic mass is 10.1. The highest BCUT2D eigenvalue weighted by atomic mass is 35.5. The number of ketones is 1. The Balaban J connectivity index is 2.05. The minimum Gasteiger partial charge on any atom is -0.465 e. The molecular weight excluding hydrogens is 302 g/mol. The Bertz CT molecular complexity index is 665. The maximum atomic E-state index is 12.3. The molecule has 0 amide bonds. The minimum atomic E-state index is -0.398. The number of Topliss-reactive ketones (excluding diaryl/α,β-unsaturated/α-hetero) is 1. The van der Waals surface area contributed by atoms with E-state index in [0.717, 1.165) is 5.69 Å². The molecule has 2 rings (SSSR count). The first-order valence-corrected chi connectivity index (χ1v) is 7.14. The van der Waals surface area contributed by atoms with Gasteiger partial charge in [-0.2, -0.15) is 0 Å². The predicted molar refractivity (Wildman–Crippen MR) is 86.6 cm³/mol. The van der Waals surface area contributed by atoms with Crippen LogP contribution in [0.4, 0.5) is 5.69 Å². The normalized spacial score (nSPS) is 11.6. The Labute approximate surface area is 134 Å². The number of hydrogen-bond acceptors (Lipinski definition) is 4. The van der Waals surface area contributed by atoms with Crippen LogP contribution in [0.1, 0.15) is 27.6 Å². The van der Waals surface area contributed by atoms with Crippen molar-refractivity contribution in [1.82, 2.24) is 0 Å². The highest BCUT2D eigenvalue weighted by Crippen LogP contribution is 2.15. The van der Waals surface area contributed by atoms with Gasteiger partial charge in [-0.15, -0.1) is 0 Å². The highest BCUT2D eigenvalue weighted by Gasteiger charge is 2.15. The summed E-state index contributed by atoms with van der Waals surface area (Å²) in [5, 5.41) is 3.70. The SMILES string of the molecule is COC(=O)c1ccc(NC(C)C(=O)c2ccc(Cl)cc2)cc1. The number of rotatable bonds is 5. The minimum absolute atomic E-state index is 0.0336. The molecule has 0 saturated heterocycles.